The third-order valence-corrected chi connectivity index (χ3v) is 3.87. The number of halogens is 3. The summed E-state index contributed by atoms with van der Waals surface area (Å²) in [4.78, 5) is 12.9. The second-order valence-electron chi connectivity index (χ2n) is 5.39. The summed E-state index contributed by atoms with van der Waals surface area (Å²) in [5.74, 6) is -1.07. The number of nitrogens with zero attached hydrogens (tertiary/aromatic N) is 1. The summed E-state index contributed by atoms with van der Waals surface area (Å²) >= 11 is 0. The van der Waals surface area contributed by atoms with Gasteiger partial charge in [0.25, 0.3) is 0 Å². The normalized spacial score (nSPS) is 17.4. The van der Waals surface area contributed by atoms with Crippen molar-refractivity contribution < 1.29 is 22.7 Å². The maximum absolute atomic E-state index is 12.6. The number of hydrogen-bond acceptors (Lipinski definition) is 3. The summed E-state index contributed by atoms with van der Waals surface area (Å²) in [6.07, 6.45) is -3.78. The number of piperidine rings is 1. The van der Waals surface area contributed by atoms with Gasteiger partial charge in [0.05, 0.1) is 5.92 Å². The minimum Gasteiger partial charge on any atom is -0.492 e. The smallest absolute Gasteiger partial charge is 0.391 e. The van der Waals surface area contributed by atoms with Crippen LogP contribution in [0.15, 0.2) is 24.3 Å². The van der Waals surface area contributed by atoms with E-state index in [2.05, 4.69) is 0 Å². The third-order valence-electron chi connectivity index (χ3n) is 3.87. The Kier molecular flexibility index (Phi) is 5.28. The number of ether oxygens (including phenoxy) is 1. The molecule has 1 aromatic carbocycles. The van der Waals surface area contributed by atoms with Gasteiger partial charge in [0, 0.05) is 12.1 Å². The lowest BCUT2D eigenvalue weighted by molar-refractivity contribution is -0.185. The number of nitrogens with two attached hydrogens (primary N) is 1. The topological polar surface area (TPSA) is 55.6 Å². The molecule has 2 rings (SSSR count). The standard InChI is InChI=1S/C15H19F3N2O2/c16-15(17,18)12-5-7-20(8-6-12)9-10-22-13-3-1-11(2-4-13)14(19)21/h1-4,12H,5-10H2,(H2,19,21). The SMILES string of the molecule is NC(=O)c1ccc(OCCN2CCC(C(F)(F)F)CC2)cc1. The maximum atomic E-state index is 12.6. The lowest BCUT2D eigenvalue weighted by Crippen LogP contribution is -2.40. The van der Waals surface area contributed by atoms with E-state index < -0.39 is 18.0 Å². The number of benzene rings is 1. The molecule has 0 aliphatic carbocycles. The van der Waals surface area contributed by atoms with Gasteiger partial charge < -0.3 is 10.5 Å². The highest BCUT2D eigenvalue weighted by Crippen LogP contribution is 2.33. The van der Waals surface area contributed by atoms with Crippen molar-refractivity contribution in [1.29, 1.82) is 0 Å². The van der Waals surface area contributed by atoms with Crippen LogP contribution in [-0.4, -0.2) is 43.2 Å². The van der Waals surface area contributed by atoms with Crippen LogP contribution in [-0.2, 0) is 0 Å². The van der Waals surface area contributed by atoms with Gasteiger partial charge in [0.2, 0.25) is 5.91 Å². The van der Waals surface area contributed by atoms with Crippen LogP contribution in [0.3, 0.4) is 0 Å². The van der Waals surface area contributed by atoms with Gasteiger partial charge in [-0.1, -0.05) is 0 Å². The molecular weight excluding hydrogens is 297 g/mol. The first-order chi connectivity index (χ1) is 10.4. The van der Waals surface area contributed by atoms with Crippen LogP contribution in [0.25, 0.3) is 0 Å². The summed E-state index contributed by atoms with van der Waals surface area (Å²) in [5.41, 5.74) is 5.54. The number of likely N-dealkylation sites (tertiary alicyclic amines) is 1. The van der Waals surface area contributed by atoms with Gasteiger partial charge in [0.1, 0.15) is 12.4 Å². The Hall–Kier alpha value is -1.76. The molecule has 0 spiro atoms. The van der Waals surface area contributed by atoms with E-state index in [4.69, 9.17) is 10.5 Å². The Labute approximate surface area is 127 Å². The lowest BCUT2D eigenvalue weighted by atomic mass is 9.96. The number of alkyl halides is 3. The van der Waals surface area contributed by atoms with Gasteiger partial charge >= 0.3 is 6.18 Å². The van der Waals surface area contributed by atoms with Crippen LogP contribution in [0, 0.1) is 5.92 Å². The Balaban J connectivity index is 1.70. The minimum absolute atomic E-state index is 0.150. The van der Waals surface area contributed by atoms with E-state index >= 15 is 0 Å². The summed E-state index contributed by atoms with van der Waals surface area (Å²) in [5, 5.41) is 0. The second kappa shape index (κ2) is 7.00. The Morgan fingerprint density at radius 2 is 1.82 bits per heavy atom. The fraction of sp³-hybridized carbons (Fsp3) is 0.533. The largest absolute Gasteiger partial charge is 0.492 e. The molecule has 1 saturated heterocycles. The number of primary amides is 1. The van der Waals surface area contributed by atoms with Crippen molar-refractivity contribution in [2.45, 2.75) is 19.0 Å². The van der Waals surface area contributed by atoms with Crippen molar-refractivity contribution in [3.8, 4) is 5.75 Å². The van der Waals surface area contributed by atoms with Crippen LogP contribution in [0.1, 0.15) is 23.2 Å². The highest BCUT2D eigenvalue weighted by Gasteiger charge is 2.40. The van der Waals surface area contributed by atoms with Crippen molar-refractivity contribution in [2.75, 3.05) is 26.2 Å². The number of rotatable bonds is 5. The zero-order valence-electron chi connectivity index (χ0n) is 12.1. The van der Waals surface area contributed by atoms with Crippen molar-refractivity contribution in [3.05, 3.63) is 29.8 Å². The predicted molar refractivity (Wildman–Crippen MR) is 75.7 cm³/mol. The van der Waals surface area contributed by atoms with Crippen molar-refractivity contribution in [1.82, 2.24) is 4.90 Å². The van der Waals surface area contributed by atoms with Crippen LogP contribution in [0.4, 0.5) is 13.2 Å². The first kappa shape index (κ1) is 16.6. The average molecular weight is 316 g/mol. The van der Waals surface area contributed by atoms with E-state index in [9.17, 15) is 18.0 Å². The third kappa shape index (κ3) is 4.62. The molecule has 1 aliphatic rings. The monoisotopic (exact) mass is 316 g/mol. The predicted octanol–water partition coefficient (Wildman–Crippen LogP) is 2.44. The molecule has 22 heavy (non-hydrogen) atoms. The summed E-state index contributed by atoms with van der Waals surface area (Å²) < 4.78 is 43.2. The molecule has 122 valence electrons. The molecule has 0 unspecified atom stereocenters. The van der Waals surface area contributed by atoms with Gasteiger partial charge in [-0.3, -0.25) is 9.69 Å². The zero-order chi connectivity index (χ0) is 16.2. The van der Waals surface area contributed by atoms with Gasteiger partial charge in [-0.2, -0.15) is 13.2 Å². The van der Waals surface area contributed by atoms with Gasteiger partial charge in [0.15, 0.2) is 0 Å². The molecule has 1 aromatic rings. The van der Waals surface area contributed by atoms with Crippen molar-refractivity contribution in [3.63, 3.8) is 0 Å². The first-order valence-corrected chi connectivity index (χ1v) is 7.18. The summed E-state index contributed by atoms with van der Waals surface area (Å²) in [6.45, 7) is 1.86. The minimum atomic E-state index is -4.08. The maximum Gasteiger partial charge on any atom is 0.391 e. The van der Waals surface area contributed by atoms with Crippen LogP contribution >= 0.6 is 0 Å². The van der Waals surface area contributed by atoms with E-state index in [0.717, 1.165) is 0 Å². The van der Waals surface area contributed by atoms with Crippen molar-refractivity contribution >= 4 is 5.91 Å². The number of carbonyl (C=O) groups is 1. The molecule has 1 heterocycles. The number of hydrogen-bond donors (Lipinski definition) is 1. The summed E-state index contributed by atoms with van der Waals surface area (Å²) in [7, 11) is 0. The molecule has 1 amide bonds. The molecule has 4 nitrogen and oxygen atoms in total. The van der Waals surface area contributed by atoms with Gasteiger partial charge in [-0.15, -0.1) is 0 Å². The fourth-order valence-electron chi connectivity index (χ4n) is 2.49. The molecule has 0 bridgehead atoms. The molecule has 1 aliphatic heterocycles. The van der Waals surface area contributed by atoms with E-state index in [1.807, 2.05) is 4.90 Å². The van der Waals surface area contributed by atoms with Gasteiger partial charge in [-0.05, 0) is 50.2 Å². The fourth-order valence-corrected chi connectivity index (χ4v) is 2.49. The molecule has 0 atom stereocenters. The molecular formula is C15H19F3N2O2. The van der Waals surface area contributed by atoms with Crippen molar-refractivity contribution in [2.24, 2.45) is 11.7 Å². The molecule has 0 saturated carbocycles. The molecule has 7 heteroatoms. The Morgan fingerprint density at radius 1 is 1.23 bits per heavy atom. The molecule has 2 N–H and O–H groups in total. The average Bonchev–Trinajstić information content (AvgIpc) is 2.47. The quantitative estimate of drug-likeness (QED) is 0.908. The van der Waals surface area contributed by atoms with Crippen LogP contribution < -0.4 is 10.5 Å². The number of amides is 1. The van der Waals surface area contributed by atoms with Crippen LogP contribution in [0.5, 0.6) is 5.75 Å². The van der Waals surface area contributed by atoms with E-state index in [-0.39, 0.29) is 12.8 Å². The number of carbonyl (C=O) groups excluding carboxylic acids is 1. The molecule has 0 radical (unpaired) electrons. The highest BCUT2D eigenvalue weighted by atomic mass is 19.4. The first-order valence-electron chi connectivity index (χ1n) is 7.18. The Morgan fingerprint density at radius 3 is 2.32 bits per heavy atom. The van der Waals surface area contributed by atoms with E-state index in [0.29, 0.717) is 37.6 Å². The molecule has 0 aromatic heterocycles. The van der Waals surface area contributed by atoms with Gasteiger partial charge in [-0.25, -0.2) is 0 Å². The lowest BCUT2D eigenvalue weighted by Gasteiger charge is -2.32. The van der Waals surface area contributed by atoms with E-state index in [1.54, 1.807) is 24.3 Å². The Bertz CT molecular complexity index is 495. The van der Waals surface area contributed by atoms with Crippen LogP contribution in [0.2, 0.25) is 0 Å². The molecule has 1 fully saturated rings. The summed E-state index contributed by atoms with van der Waals surface area (Å²) in [6, 6.07) is 6.45. The van der Waals surface area contributed by atoms with E-state index in [1.165, 1.54) is 0 Å². The zero-order valence-corrected chi connectivity index (χ0v) is 12.1. The highest BCUT2D eigenvalue weighted by molar-refractivity contribution is 5.92. The second-order valence-corrected chi connectivity index (χ2v) is 5.39.